The van der Waals surface area contributed by atoms with Gasteiger partial charge in [-0.1, -0.05) is 6.07 Å². The SMILES string of the molecule is COc1ccc(C(C)NCc2ccc(O)cn2)cc1F. The molecule has 1 unspecified atom stereocenters. The van der Waals surface area contributed by atoms with E-state index in [9.17, 15) is 4.39 Å². The standard InChI is InChI=1S/C15H17FN2O2/c1-10(11-3-6-15(20-2)14(16)7-11)17-8-12-4-5-13(19)9-18-12/h3-7,9-10,17,19H,8H2,1-2H3. The molecule has 0 saturated heterocycles. The summed E-state index contributed by atoms with van der Waals surface area (Å²) < 4.78 is 18.5. The van der Waals surface area contributed by atoms with Crippen molar-refractivity contribution in [2.45, 2.75) is 19.5 Å². The van der Waals surface area contributed by atoms with Gasteiger partial charge in [0.2, 0.25) is 0 Å². The number of rotatable bonds is 5. The molecule has 2 rings (SSSR count). The topological polar surface area (TPSA) is 54.4 Å². The monoisotopic (exact) mass is 276 g/mol. The third kappa shape index (κ3) is 3.45. The molecule has 1 aromatic heterocycles. The highest BCUT2D eigenvalue weighted by Crippen LogP contribution is 2.21. The summed E-state index contributed by atoms with van der Waals surface area (Å²) in [5, 5.41) is 12.4. The molecule has 4 nitrogen and oxygen atoms in total. The zero-order valence-corrected chi connectivity index (χ0v) is 11.4. The molecule has 0 fully saturated rings. The Morgan fingerprint density at radius 1 is 1.35 bits per heavy atom. The van der Waals surface area contributed by atoms with Crippen molar-refractivity contribution in [3.63, 3.8) is 0 Å². The number of nitrogens with one attached hydrogen (secondary N) is 1. The normalized spacial score (nSPS) is 12.2. The number of benzene rings is 1. The van der Waals surface area contributed by atoms with Crippen LogP contribution in [0.2, 0.25) is 0 Å². The van der Waals surface area contributed by atoms with Crippen molar-refractivity contribution < 1.29 is 14.2 Å². The third-order valence-corrected chi connectivity index (χ3v) is 3.07. The Morgan fingerprint density at radius 3 is 2.75 bits per heavy atom. The highest BCUT2D eigenvalue weighted by atomic mass is 19.1. The maximum Gasteiger partial charge on any atom is 0.165 e. The summed E-state index contributed by atoms with van der Waals surface area (Å²) in [6, 6.07) is 8.20. The Morgan fingerprint density at radius 2 is 2.15 bits per heavy atom. The molecule has 0 aliphatic carbocycles. The summed E-state index contributed by atoms with van der Waals surface area (Å²) in [5.41, 5.74) is 1.64. The number of ether oxygens (including phenoxy) is 1. The van der Waals surface area contributed by atoms with E-state index in [4.69, 9.17) is 9.84 Å². The van der Waals surface area contributed by atoms with Gasteiger partial charge >= 0.3 is 0 Å². The predicted molar refractivity (Wildman–Crippen MR) is 74.1 cm³/mol. The molecular formula is C15H17FN2O2. The van der Waals surface area contributed by atoms with E-state index in [1.54, 1.807) is 18.2 Å². The van der Waals surface area contributed by atoms with Gasteiger partial charge in [0.1, 0.15) is 5.75 Å². The fraction of sp³-hybridized carbons (Fsp3) is 0.267. The minimum atomic E-state index is -0.374. The summed E-state index contributed by atoms with van der Waals surface area (Å²) in [5.74, 6) is 0.00147. The number of hydrogen-bond donors (Lipinski definition) is 2. The van der Waals surface area contributed by atoms with Gasteiger partial charge in [-0.05, 0) is 36.8 Å². The largest absolute Gasteiger partial charge is 0.506 e. The lowest BCUT2D eigenvalue weighted by atomic mass is 10.1. The number of aromatic nitrogens is 1. The first-order chi connectivity index (χ1) is 9.60. The van der Waals surface area contributed by atoms with Crippen LogP contribution < -0.4 is 10.1 Å². The minimum Gasteiger partial charge on any atom is -0.506 e. The van der Waals surface area contributed by atoms with Gasteiger partial charge in [-0.25, -0.2) is 4.39 Å². The van der Waals surface area contributed by atoms with Crippen molar-refractivity contribution in [2.75, 3.05) is 7.11 Å². The van der Waals surface area contributed by atoms with Crippen LogP contribution in [0.5, 0.6) is 11.5 Å². The summed E-state index contributed by atoms with van der Waals surface area (Å²) in [6.45, 7) is 2.48. The second-order valence-corrected chi connectivity index (χ2v) is 4.50. The van der Waals surface area contributed by atoms with Crippen LogP contribution in [0, 0.1) is 5.82 Å². The van der Waals surface area contributed by atoms with Gasteiger partial charge in [-0.2, -0.15) is 0 Å². The number of halogens is 1. The maximum absolute atomic E-state index is 13.6. The molecule has 0 spiro atoms. The number of aromatic hydroxyl groups is 1. The van der Waals surface area contributed by atoms with E-state index in [0.717, 1.165) is 11.3 Å². The second kappa shape index (κ2) is 6.34. The highest BCUT2D eigenvalue weighted by molar-refractivity contribution is 5.30. The lowest BCUT2D eigenvalue weighted by Crippen LogP contribution is -2.18. The van der Waals surface area contributed by atoms with Crippen LogP contribution >= 0.6 is 0 Å². The van der Waals surface area contributed by atoms with Crippen molar-refractivity contribution >= 4 is 0 Å². The fourth-order valence-corrected chi connectivity index (χ4v) is 1.85. The van der Waals surface area contributed by atoms with Crippen molar-refractivity contribution in [3.8, 4) is 11.5 Å². The highest BCUT2D eigenvalue weighted by Gasteiger charge is 2.09. The number of nitrogens with zero attached hydrogens (tertiary/aromatic N) is 1. The smallest absolute Gasteiger partial charge is 0.165 e. The first kappa shape index (κ1) is 14.3. The van der Waals surface area contributed by atoms with Gasteiger partial charge in [0.15, 0.2) is 11.6 Å². The van der Waals surface area contributed by atoms with Gasteiger partial charge < -0.3 is 15.2 Å². The van der Waals surface area contributed by atoms with Crippen LogP contribution in [0.4, 0.5) is 4.39 Å². The second-order valence-electron chi connectivity index (χ2n) is 4.50. The molecule has 0 radical (unpaired) electrons. The summed E-state index contributed by atoms with van der Waals surface area (Å²) in [7, 11) is 1.44. The summed E-state index contributed by atoms with van der Waals surface area (Å²) in [4.78, 5) is 4.08. The zero-order chi connectivity index (χ0) is 14.5. The van der Waals surface area contributed by atoms with Crippen molar-refractivity contribution in [1.29, 1.82) is 0 Å². The van der Waals surface area contributed by atoms with Gasteiger partial charge in [-0.15, -0.1) is 0 Å². The molecule has 2 N–H and O–H groups in total. The molecule has 1 heterocycles. The molecule has 106 valence electrons. The lowest BCUT2D eigenvalue weighted by molar-refractivity contribution is 0.385. The Labute approximate surface area is 117 Å². The van der Waals surface area contributed by atoms with E-state index >= 15 is 0 Å². The van der Waals surface area contributed by atoms with E-state index in [1.807, 2.05) is 13.0 Å². The van der Waals surface area contributed by atoms with Crippen LogP contribution in [-0.2, 0) is 6.54 Å². The van der Waals surface area contributed by atoms with Gasteiger partial charge in [0.05, 0.1) is 19.0 Å². The number of methoxy groups -OCH3 is 1. The minimum absolute atomic E-state index is 0.0222. The molecule has 0 amide bonds. The molecule has 2 aromatic rings. The Bertz CT molecular complexity index is 573. The quantitative estimate of drug-likeness (QED) is 0.881. The number of hydrogen-bond acceptors (Lipinski definition) is 4. The fourth-order valence-electron chi connectivity index (χ4n) is 1.85. The van der Waals surface area contributed by atoms with Gasteiger partial charge in [-0.3, -0.25) is 4.98 Å². The molecule has 1 atom stereocenters. The molecule has 5 heteroatoms. The van der Waals surface area contributed by atoms with Crippen LogP contribution in [-0.4, -0.2) is 17.2 Å². The molecular weight excluding hydrogens is 259 g/mol. The first-order valence-corrected chi connectivity index (χ1v) is 6.31. The molecule has 0 aliphatic rings. The van der Waals surface area contributed by atoms with Crippen LogP contribution in [0.25, 0.3) is 0 Å². The first-order valence-electron chi connectivity index (χ1n) is 6.31. The van der Waals surface area contributed by atoms with Crippen LogP contribution in [0.15, 0.2) is 36.5 Å². The van der Waals surface area contributed by atoms with Crippen molar-refractivity contribution in [1.82, 2.24) is 10.3 Å². The van der Waals surface area contributed by atoms with E-state index in [1.165, 1.54) is 19.4 Å². The van der Waals surface area contributed by atoms with Crippen LogP contribution in [0.3, 0.4) is 0 Å². The molecule has 0 saturated carbocycles. The van der Waals surface area contributed by atoms with Crippen molar-refractivity contribution in [2.24, 2.45) is 0 Å². The number of pyridine rings is 1. The maximum atomic E-state index is 13.6. The zero-order valence-electron chi connectivity index (χ0n) is 11.4. The van der Waals surface area contributed by atoms with Crippen molar-refractivity contribution in [3.05, 3.63) is 53.6 Å². The Hall–Kier alpha value is -2.14. The van der Waals surface area contributed by atoms with Crippen LogP contribution in [0.1, 0.15) is 24.2 Å². The van der Waals surface area contributed by atoms with E-state index in [0.29, 0.717) is 6.54 Å². The predicted octanol–water partition coefficient (Wildman–Crippen LogP) is 2.79. The molecule has 0 aliphatic heterocycles. The van der Waals surface area contributed by atoms with Gasteiger partial charge in [0, 0.05) is 12.6 Å². The molecule has 20 heavy (non-hydrogen) atoms. The average Bonchev–Trinajstić information content (AvgIpc) is 2.46. The summed E-state index contributed by atoms with van der Waals surface area (Å²) in [6.07, 6.45) is 1.40. The van der Waals surface area contributed by atoms with Gasteiger partial charge in [0.25, 0.3) is 0 Å². The average molecular weight is 276 g/mol. The van der Waals surface area contributed by atoms with E-state index in [2.05, 4.69) is 10.3 Å². The Kier molecular flexibility index (Phi) is 4.53. The van der Waals surface area contributed by atoms with E-state index in [-0.39, 0.29) is 23.4 Å². The molecule has 0 bridgehead atoms. The van der Waals surface area contributed by atoms with E-state index < -0.39 is 0 Å². The lowest BCUT2D eigenvalue weighted by Gasteiger charge is -2.15. The molecule has 1 aromatic carbocycles. The third-order valence-electron chi connectivity index (χ3n) is 3.07. The Balaban J connectivity index is 1.99. The summed E-state index contributed by atoms with van der Waals surface area (Å²) >= 11 is 0.